The smallest absolute Gasteiger partial charge is 0.277 e. The van der Waals surface area contributed by atoms with Crippen molar-refractivity contribution in [2.45, 2.75) is 13.2 Å². The Bertz CT molecular complexity index is 1030. The zero-order valence-electron chi connectivity index (χ0n) is 16.7. The van der Waals surface area contributed by atoms with E-state index in [1.54, 1.807) is 7.11 Å². The van der Waals surface area contributed by atoms with E-state index in [4.69, 9.17) is 26.8 Å². The molecule has 3 aromatic rings. The van der Waals surface area contributed by atoms with E-state index in [2.05, 4.69) is 41.5 Å². The molecule has 0 saturated heterocycles. The van der Waals surface area contributed by atoms with E-state index in [1.807, 2.05) is 36.4 Å². The highest BCUT2D eigenvalue weighted by molar-refractivity contribution is 9.10. The van der Waals surface area contributed by atoms with Crippen LogP contribution in [0.25, 0.3) is 0 Å². The number of hydrogen-bond donors (Lipinski definition) is 3. The lowest BCUT2D eigenvalue weighted by Crippen LogP contribution is -2.32. The van der Waals surface area contributed by atoms with Gasteiger partial charge in [-0.25, -0.2) is 4.63 Å². The number of benzene rings is 2. The molecule has 0 aliphatic heterocycles. The van der Waals surface area contributed by atoms with Crippen molar-refractivity contribution in [2.24, 2.45) is 0 Å². The molecule has 11 heteroatoms. The van der Waals surface area contributed by atoms with Crippen LogP contribution in [-0.2, 0) is 13.2 Å². The standard InChI is InChI=1S/C20H21BrClN5O4/c1-29-16-9-13(10-24-6-7-25-20(28)17-19(23)27-31-26-17)8-15(21)18(16)30-11-12-2-4-14(22)5-3-12/h2-5,8-9,24H,6-7,10-11H2,1H3,(H2,23,27)(H,25,28). The van der Waals surface area contributed by atoms with Gasteiger partial charge in [-0.1, -0.05) is 23.7 Å². The first-order valence-corrected chi connectivity index (χ1v) is 10.5. The predicted molar refractivity (Wildman–Crippen MR) is 119 cm³/mol. The summed E-state index contributed by atoms with van der Waals surface area (Å²) in [6.45, 7) is 1.86. The van der Waals surface area contributed by atoms with Gasteiger partial charge in [0.25, 0.3) is 5.91 Å². The quantitative estimate of drug-likeness (QED) is 0.355. The second-order valence-electron chi connectivity index (χ2n) is 6.45. The maximum absolute atomic E-state index is 11.9. The Morgan fingerprint density at radius 1 is 1.19 bits per heavy atom. The highest BCUT2D eigenvalue weighted by Gasteiger charge is 2.15. The highest BCUT2D eigenvalue weighted by Crippen LogP contribution is 2.37. The van der Waals surface area contributed by atoms with E-state index >= 15 is 0 Å². The summed E-state index contributed by atoms with van der Waals surface area (Å²) < 4.78 is 16.6. The van der Waals surface area contributed by atoms with Gasteiger partial charge in [-0.3, -0.25) is 4.79 Å². The van der Waals surface area contributed by atoms with Crippen LogP contribution in [0.5, 0.6) is 11.5 Å². The highest BCUT2D eigenvalue weighted by atomic mass is 79.9. The fraction of sp³-hybridized carbons (Fsp3) is 0.250. The number of anilines is 1. The molecule has 1 amide bonds. The van der Waals surface area contributed by atoms with Gasteiger partial charge in [0.1, 0.15) is 6.61 Å². The third kappa shape index (κ3) is 6.33. The van der Waals surface area contributed by atoms with E-state index < -0.39 is 5.91 Å². The number of nitrogens with zero attached hydrogens (tertiary/aromatic N) is 2. The van der Waals surface area contributed by atoms with Crippen molar-refractivity contribution < 1.29 is 18.9 Å². The van der Waals surface area contributed by atoms with Crippen molar-refractivity contribution in [3.05, 3.63) is 62.7 Å². The van der Waals surface area contributed by atoms with Gasteiger partial charge in [0.15, 0.2) is 11.5 Å². The Labute approximate surface area is 192 Å². The van der Waals surface area contributed by atoms with Crippen LogP contribution >= 0.6 is 27.5 Å². The molecule has 1 heterocycles. The zero-order chi connectivity index (χ0) is 22.2. The minimum Gasteiger partial charge on any atom is -0.493 e. The summed E-state index contributed by atoms with van der Waals surface area (Å²) in [6.07, 6.45) is 0. The lowest BCUT2D eigenvalue weighted by Gasteiger charge is -2.15. The van der Waals surface area contributed by atoms with Crippen LogP contribution in [0.4, 0.5) is 5.82 Å². The van der Waals surface area contributed by atoms with Crippen molar-refractivity contribution in [3.63, 3.8) is 0 Å². The van der Waals surface area contributed by atoms with Gasteiger partial charge in [0.2, 0.25) is 11.5 Å². The van der Waals surface area contributed by atoms with Crippen LogP contribution in [0.3, 0.4) is 0 Å². The number of nitrogens with one attached hydrogen (secondary N) is 2. The van der Waals surface area contributed by atoms with E-state index in [0.29, 0.717) is 42.8 Å². The van der Waals surface area contributed by atoms with Gasteiger partial charge in [-0.2, -0.15) is 0 Å². The fourth-order valence-electron chi connectivity index (χ4n) is 2.69. The number of carbonyl (C=O) groups is 1. The molecule has 0 aliphatic carbocycles. The maximum atomic E-state index is 11.9. The number of ether oxygens (including phenoxy) is 2. The predicted octanol–water partition coefficient (Wildman–Crippen LogP) is 3.17. The molecule has 1 aromatic heterocycles. The van der Waals surface area contributed by atoms with Crippen molar-refractivity contribution in [2.75, 3.05) is 25.9 Å². The average Bonchev–Trinajstić information content (AvgIpc) is 3.19. The molecule has 164 valence electrons. The van der Waals surface area contributed by atoms with E-state index in [-0.39, 0.29) is 11.5 Å². The molecule has 0 fully saturated rings. The Balaban J connectivity index is 1.50. The third-order valence-corrected chi connectivity index (χ3v) is 5.07. The summed E-state index contributed by atoms with van der Waals surface area (Å²) in [4.78, 5) is 11.9. The van der Waals surface area contributed by atoms with E-state index in [1.165, 1.54) is 0 Å². The number of halogens is 2. The minimum absolute atomic E-state index is 0.0251. The lowest BCUT2D eigenvalue weighted by molar-refractivity contribution is 0.0944. The number of methoxy groups -OCH3 is 1. The summed E-state index contributed by atoms with van der Waals surface area (Å²) in [5, 5.41) is 13.4. The maximum Gasteiger partial charge on any atom is 0.277 e. The third-order valence-electron chi connectivity index (χ3n) is 4.23. The van der Waals surface area contributed by atoms with Crippen molar-refractivity contribution in [3.8, 4) is 11.5 Å². The Morgan fingerprint density at radius 3 is 2.65 bits per heavy atom. The van der Waals surface area contributed by atoms with Crippen LogP contribution in [0.2, 0.25) is 5.02 Å². The molecule has 31 heavy (non-hydrogen) atoms. The monoisotopic (exact) mass is 509 g/mol. The number of hydrogen-bond acceptors (Lipinski definition) is 8. The van der Waals surface area contributed by atoms with Crippen molar-refractivity contribution in [1.29, 1.82) is 0 Å². The Morgan fingerprint density at radius 2 is 1.97 bits per heavy atom. The molecule has 9 nitrogen and oxygen atoms in total. The lowest BCUT2D eigenvalue weighted by atomic mass is 10.2. The summed E-state index contributed by atoms with van der Waals surface area (Å²) >= 11 is 9.47. The number of nitrogens with two attached hydrogens (primary N) is 1. The van der Waals surface area contributed by atoms with Crippen LogP contribution in [0.1, 0.15) is 21.6 Å². The Kier molecular flexibility index (Phi) is 8.10. The summed E-state index contributed by atoms with van der Waals surface area (Å²) in [6, 6.07) is 11.3. The first-order valence-electron chi connectivity index (χ1n) is 9.28. The van der Waals surface area contributed by atoms with Gasteiger partial charge < -0.3 is 25.8 Å². The zero-order valence-corrected chi connectivity index (χ0v) is 19.0. The number of carbonyl (C=O) groups excluding carboxylic acids is 1. The second-order valence-corrected chi connectivity index (χ2v) is 7.75. The molecule has 0 aliphatic rings. The molecule has 3 rings (SSSR count). The molecule has 2 aromatic carbocycles. The number of rotatable bonds is 10. The largest absolute Gasteiger partial charge is 0.493 e. The van der Waals surface area contributed by atoms with Gasteiger partial charge in [0, 0.05) is 24.7 Å². The Hall–Kier alpha value is -2.82. The SMILES string of the molecule is COc1cc(CNCCNC(=O)c2nonc2N)cc(Br)c1OCc1ccc(Cl)cc1. The van der Waals surface area contributed by atoms with Crippen LogP contribution in [-0.4, -0.2) is 36.4 Å². The second kappa shape index (κ2) is 11.0. The number of nitrogen functional groups attached to an aromatic ring is 1. The molecule has 0 saturated carbocycles. The number of aromatic nitrogens is 2. The first kappa shape index (κ1) is 22.9. The molecule has 0 atom stereocenters. The van der Waals surface area contributed by atoms with E-state index in [0.717, 1.165) is 15.6 Å². The topological polar surface area (TPSA) is 125 Å². The molecule has 0 radical (unpaired) electrons. The molecule has 0 spiro atoms. The molecular weight excluding hydrogens is 490 g/mol. The van der Waals surface area contributed by atoms with Crippen molar-refractivity contribution in [1.82, 2.24) is 20.9 Å². The minimum atomic E-state index is -0.438. The number of amides is 1. The molecule has 0 bridgehead atoms. The molecular formula is C20H21BrClN5O4. The van der Waals surface area contributed by atoms with Gasteiger partial charge in [-0.05, 0) is 61.6 Å². The van der Waals surface area contributed by atoms with Crippen LogP contribution < -0.4 is 25.8 Å². The summed E-state index contributed by atoms with van der Waals surface area (Å²) in [7, 11) is 1.59. The molecule has 0 unspecified atom stereocenters. The normalized spacial score (nSPS) is 10.7. The van der Waals surface area contributed by atoms with Gasteiger partial charge >= 0.3 is 0 Å². The van der Waals surface area contributed by atoms with E-state index in [9.17, 15) is 4.79 Å². The van der Waals surface area contributed by atoms with Crippen LogP contribution in [0, 0.1) is 0 Å². The first-order chi connectivity index (χ1) is 15.0. The molecule has 4 N–H and O–H groups in total. The van der Waals surface area contributed by atoms with Gasteiger partial charge in [0.05, 0.1) is 11.6 Å². The van der Waals surface area contributed by atoms with Gasteiger partial charge in [-0.15, -0.1) is 0 Å². The fourth-order valence-corrected chi connectivity index (χ4v) is 3.42. The van der Waals surface area contributed by atoms with Crippen LogP contribution in [0.15, 0.2) is 45.5 Å². The van der Waals surface area contributed by atoms with Crippen molar-refractivity contribution >= 4 is 39.3 Å². The average molecular weight is 511 g/mol. The summed E-state index contributed by atoms with van der Waals surface area (Å²) in [5.74, 6) is 0.752. The summed E-state index contributed by atoms with van der Waals surface area (Å²) in [5.41, 5.74) is 7.44.